The number of fused-ring (bicyclic) bond motifs is 1. The van der Waals surface area contributed by atoms with Gasteiger partial charge >= 0.3 is 5.97 Å². The van der Waals surface area contributed by atoms with Crippen molar-refractivity contribution in [1.29, 1.82) is 0 Å². The van der Waals surface area contributed by atoms with Gasteiger partial charge in [0.05, 0.1) is 24.5 Å². The molecule has 3 N–H and O–H groups in total. The summed E-state index contributed by atoms with van der Waals surface area (Å²) < 4.78 is 10.6. The average Bonchev–Trinajstić information content (AvgIpc) is 3.45. The molecule has 0 spiro atoms. The summed E-state index contributed by atoms with van der Waals surface area (Å²) in [7, 11) is 1.57. The van der Waals surface area contributed by atoms with Crippen molar-refractivity contribution in [3.63, 3.8) is 0 Å². The molecule has 1 heterocycles. The lowest BCUT2D eigenvalue weighted by Gasteiger charge is -2.18. The van der Waals surface area contributed by atoms with E-state index < -0.39 is 23.0 Å². The van der Waals surface area contributed by atoms with Crippen molar-refractivity contribution in [2.45, 2.75) is 50.2 Å². The molecule has 1 aromatic heterocycles. The topological polar surface area (TPSA) is 123 Å². The molecule has 11 heteroatoms. The van der Waals surface area contributed by atoms with Crippen LogP contribution in [0.25, 0.3) is 6.08 Å². The number of hydrogen-bond donors (Lipinski definition) is 3. The Morgan fingerprint density at radius 2 is 1.76 bits per heavy atom. The van der Waals surface area contributed by atoms with E-state index in [1.165, 1.54) is 23.1 Å². The fourth-order valence-electron chi connectivity index (χ4n) is 5.38. The molecule has 5 rings (SSSR count). The van der Waals surface area contributed by atoms with Crippen LogP contribution in [-0.4, -0.2) is 42.7 Å². The standard InChI is InChI=1S/C38H39N3O6S2/c1-5-47-38(45)33-30-19-14-23(2)20-32(30)49-37(33)41-34(42)24(3)48-29-13-9-12-27(22-29)39-36(44)31(21-25-15-17-28(46-4)18-16-25)40-35(43)26-10-7-6-8-11-26/h6-13,15-18,21-24H,5,14,19-20H2,1-4H3,(H,39,44)(H,40,43)(H,41,42)/b31-21+. The number of anilines is 2. The average molecular weight is 698 g/mol. The Kier molecular flexibility index (Phi) is 11.9. The van der Waals surface area contributed by atoms with Gasteiger partial charge in [-0.25, -0.2) is 4.79 Å². The van der Waals surface area contributed by atoms with Gasteiger partial charge in [-0.3, -0.25) is 14.4 Å². The van der Waals surface area contributed by atoms with Gasteiger partial charge in [0.25, 0.3) is 11.8 Å². The van der Waals surface area contributed by atoms with Crippen LogP contribution in [-0.2, 0) is 27.2 Å². The Hall–Kier alpha value is -4.87. The van der Waals surface area contributed by atoms with Gasteiger partial charge in [-0.2, -0.15) is 0 Å². The highest BCUT2D eigenvalue weighted by Crippen LogP contribution is 2.40. The maximum atomic E-state index is 13.6. The summed E-state index contributed by atoms with van der Waals surface area (Å²) in [5.41, 5.74) is 3.10. The number of nitrogens with one attached hydrogen (secondary N) is 3. The molecule has 2 atom stereocenters. The van der Waals surface area contributed by atoms with Crippen LogP contribution in [0.2, 0.25) is 0 Å². The number of thiophene rings is 1. The number of hydrogen-bond acceptors (Lipinski definition) is 8. The molecule has 4 aromatic rings. The third-order valence-electron chi connectivity index (χ3n) is 7.96. The van der Waals surface area contributed by atoms with Gasteiger partial charge in [0.2, 0.25) is 5.91 Å². The first kappa shape index (κ1) is 35.4. The van der Waals surface area contributed by atoms with Crippen LogP contribution in [0.5, 0.6) is 5.75 Å². The summed E-state index contributed by atoms with van der Waals surface area (Å²) >= 11 is 2.78. The van der Waals surface area contributed by atoms with Gasteiger partial charge in [-0.15, -0.1) is 23.1 Å². The number of methoxy groups -OCH3 is 1. The van der Waals surface area contributed by atoms with E-state index in [0.717, 1.165) is 34.6 Å². The minimum absolute atomic E-state index is 0.0512. The summed E-state index contributed by atoms with van der Waals surface area (Å²) in [6.45, 7) is 6.01. The Bertz CT molecular complexity index is 1850. The summed E-state index contributed by atoms with van der Waals surface area (Å²) in [6, 6.07) is 22.9. The van der Waals surface area contributed by atoms with Crippen LogP contribution in [0.3, 0.4) is 0 Å². The molecule has 0 aliphatic heterocycles. The van der Waals surface area contributed by atoms with Crippen LogP contribution >= 0.6 is 23.1 Å². The van der Waals surface area contributed by atoms with E-state index in [9.17, 15) is 19.2 Å². The van der Waals surface area contributed by atoms with E-state index in [-0.39, 0.29) is 18.2 Å². The fourth-order valence-corrected chi connectivity index (χ4v) is 7.71. The Morgan fingerprint density at radius 3 is 2.47 bits per heavy atom. The van der Waals surface area contributed by atoms with Crippen molar-refractivity contribution in [3.8, 4) is 5.75 Å². The van der Waals surface area contributed by atoms with E-state index in [0.29, 0.717) is 39.0 Å². The highest BCUT2D eigenvalue weighted by atomic mass is 32.2. The van der Waals surface area contributed by atoms with Crippen molar-refractivity contribution < 1.29 is 28.7 Å². The summed E-state index contributed by atoms with van der Waals surface area (Å²) in [5, 5.41) is 8.63. The second-order valence-corrected chi connectivity index (χ2v) is 14.2. The molecule has 0 fully saturated rings. The molecule has 2 unspecified atom stereocenters. The van der Waals surface area contributed by atoms with Gasteiger partial charge in [0.1, 0.15) is 16.4 Å². The molecule has 49 heavy (non-hydrogen) atoms. The zero-order valence-electron chi connectivity index (χ0n) is 27.8. The van der Waals surface area contributed by atoms with Gasteiger partial charge in [-0.05, 0) is 98.7 Å². The molecule has 0 saturated heterocycles. The van der Waals surface area contributed by atoms with Crippen molar-refractivity contribution in [3.05, 3.63) is 112 Å². The van der Waals surface area contributed by atoms with Crippen LogP contribution in [0, 0.1) is 5.92 Å². The van der Waals surface area contributed by atoms with Crippen molar-refractivity contribution >= 4 is 63.6 Å². The maximum absolute atomic E-state index is 13.6. The van der Waals surface area contributed by atoms with Gasteiger partial charge in [0.15, 0.2) is 0 Å². The fraction of sp³-hybridized carbons (Fsp3) is 0.263. The minimum Gasteiger partial charge on any atom is -0.497 e. The minimum atomic E-state index is -0.519. The second kappa shape index (κ2) is 16.5. The number of ether oxygens (including phenoxy) is 2. The number of benzene rings is 3. The Labute approximate surface area is 294 Å². The van der Waals surface area contributed by atoms with E-state index in [4.69, 9.17) is 9.47 Å². The van der Waals surface area contributed by atoms with Crippen LogP contribution in [0.1, 0.15) is 63.9 Å². The third-order valence-corrected chi connectivity index (χ3v) is 10.2. The van der Waals surface area contributed by atoms with Crippen molar-refractivity contribution in [1.82, 2.24) is 5.32 Å². The molecular formula is C38H39N3O6S2. The van der Waals surface area contributed by atoms with Crippen LogP contribution < -0.4 is 20.7 Å². The predicted molar refractivity (Wildman–Crippen MR) is 195 cm³/mol. The zero-order valence-corrected chi connectivity index (χ0v) is 29.5. The number of thioether (sulfide) groups is 1. The van der Waals surface area contributed by atoms with E-state index in [1.807, 2.05) is 12.1 Å². The first-order chi connectivity index (χ1) is 23.6. The highest BCUT2D eigenvalue weighted by Gasteiger charge is 2.30. The van der Waals surface area contributed by atoms with Crippen molar-refractivity contribution in [2.24, 2.45) is 5.92 Å². The molecule has 1 aliphatic rings. The molecule has 0 saturated carbocycles. The van der Waals surface area contributed by atoms with E-state index >= 15 is 0 Å². The molecule has 9 nitrogen and oxygen atoms in total. The summed E-state index contributed by atoms with van der Waals surface area (Å²) in [6.07, 6.45) is 4.24. The molecule has 3 aromatic carbocycles. The number of carbonyl (C=O) groups is 4. The van der Waals surface area contributed by atoms with Crippen molar-refractivity contribution in [2.75, 3.05) is 24.4 Å². The molecule has 0 radical (unpaired) electrons. The number of carbonyl (C=O) groups excluding carboxylic acids is 4. The lowest BCUT2D eigenvalue weighted by Crippen LogP contribution is -2.30. The number of rotatable bonds is 12. The smallest absolute Gasteiger partial charge is 0.341 e. The first-order valence-corrected chi connectivity index (χ1v) is 17.8. The molecule has 254 valence electrons. The number of amides is 3. The molecule has 1 aliphatic carbocycles. The first-order valence-electron chi connectivity index (χ1n) is 16.1. The van der Waals surface area contributed by atoms with Gasteiger partial charge < -0.3 is 25.4 Å². The van der Waals surface area contributed by atoms with Gasteiger partial charge in [-0.1, -0.05) is 43.3 Å². The van der Waals surface area contributed by atoms with Gasteiger partial charge in [0, 0.05) is 21.0 Å². The van der Waals surface area contributed by atoms with Crippen LogP contribution in [0.15, 0.2) is 89.5 Å². The normalized spacial score (nSPS) is 14.6. The molecule has 3 amide bonds. The monoisotopic (exact) mass is 697 g/mol. The summed E-state index contributed by atoms with van der Waals surface area (Å²) in [5.74, 6) is -0.417. The number of esters is 1. The largest absolute Gasteiger partial charge is 0.497 e. The lowest BCUT2D eigenvalue weighted by molar-refractivity contribution is -0.115. The lowest BCUT2D eigenvalue weighted by atomic mass is 9.88. The Morgan fingerprint density at radius 1 is 1.00 bits per heavy atom. The molecular weight excluding hydrogens is 659 g/mol. The van der Waals surface area contributed by atoms with Crippen LogP contribution in [0.4, 0.5) is 10.7 Å². The SMILES string of the molecule is CCOC(=O)c1c(NC(=O)C(C)Sc2cccc(NC(=O)/C(=C\c3ccc(OC)cc3)NC(=O)c3ccccc3)c2)sc2c1CCC(C)C2. The zero-order chi connectivity index (χ0) is 34.9. The third kappa shape index (κ3) is 9.18. The van der Waals surface area contributed by atoms with E-state index in [2.05, 4.69) is 22.9 Å². The summed E-state index contributed by atoms with van der Waals surface area (Å²) in [4.78, 5) is 54.8. The molecule has 0 bridgehead atoms. The quantitative estimate of drug-likeness (QED) is 0.0792. The highest BCUT2D eigenvalue weighted by molar-refractivity contribution is 8.00. The van der Waals surface area contributed by atoms with E-state index in [1.54, 1.807) is 93.8 Å². The maximum Gasteiger partial charge on any atom is 0.341 e. The Balaban J connectivity index is 1.30. The predicted octanol–water partition coefficient (Wildman–Crippen LogP) is 7.59. The second-order valence-electron chi connectivity index (χ2n) is 11.7.